The topological polar surface area (TPSA) is 113 Å². The van der Waals surface area contributed by atoms with Crippen molar-refractivity contribution in [3.63, 3.8) is 0 Å². The Balaban J connectivity index is 2.46. The summed E-state index contributed by atoms with van der Waals surface area (Å²) in [6.45, 7) is 6.82. The maximum atomic E-state index is 13.8. The number of ketones is 1. The van der Waals surface area contributed by atoms with E-state index in [4.69, 9.17) is 18.1 Å². The highest BCUT2D eigenvalue weighted by Gasteiger charge is 2.70. The molecule has 0 saturated heterocycles. The molecule has 11 heteroatoms. The van der Waals surface area contributed by atoms with Gasteiger partial charge in [0.25, 0.3) is 5.02 Å². The Hall–Kier alpha value is -0.430. The summed E-state index contributed by atoms with van der Waals surface area (Å²) in [7, 11) is -8.24. The summed E-state index contributed by atoms with van der Waals surface area (Å²) in [6, 6.07) is -0.860. The molecule has 0 aromatic rings. The van der Waals surface area contributed by atoms with Gasteiger partial charge in [-0.15, -0.1) is 0 Å². The molecule has 2 rings (SSSR count). The van der Waals surface area contributed by atoms with Crippen LogP contribution in [0.1, 0.15) is 66.2 Å². The fourth-order valence-electron chi connectivity index (χ4n) is 3.97. The van der Waals surface area contributed by atoms with Gasteiger partial charge in [-0.25, -0.2) is 0 Å². The number of carbonyl (C=O) groups is 1. The summed E-state index contributed by atoms with van der Waals surface area (Å²) in [5.74, 6) is -0.171. The third kappa shape index (κ3) is 4.91. The van der Waals surface area contributed by atoms with E-state index in [1.807, 2.05) is 0 Å². The third-order valence-corrected chi connectivity index (χ3v) is 11.4. The van der Waals surface area contributed by atoms with E-state index in [-0.39, 0.29) is 44.5 Å². The van der Waals surface area contributed by atoms with Crippen molar-refractivity contribution < 1.29 is 32.0 Å². The van der Waals surface area contributed by atoms with Gasteiger partial charge in [0.05, 0.1) is 26.4 Å². The summed E-state index contributed by atoms with van der Waals surface area (Å²) in [5.41, 5.74) is 0. The van der Waals surface area contributed by atoms with Gasteiger partial charge in [-0.05, 0) is 40.5 Å². The van der Waals surface area contributed by atoms with Gasteiger partial charge in [0, 0.05) is 12.3 Å². The molecule has 2 aliphatic rings. The summed E-state index contributed by atoms with van der Waals surface area (Å²) in [5, 5.41) is 6.32. The number of rotatable bonds is 12. The molecule has 9 nitrogen and oxygen atoms in total. The Morgan fingerprint density at radius 3 is 1.72 bits per heavy atom. The van der Waals surface area contributed by atoms with Crippen molar-refractivity contribution in [2.75, 3.05) is 26.4 Å². The first kappa shape index (κ1) is 24.8. The minimum atomic E-state index is -4.12. The lowest BCUT2D eigenvalue weighted by Crippen LogP contribution is -2.35. The van der Waals surface area contributed by atoms with Gasteiger partial charge in [0.2, 0.25) is 0 Å². The second kappa shape index (κ2) is 10.7. The molecule has 1 fully saturated rings. The predicted octanol–water partition coefficient (Wildman–Crippen LogP) is 5.55. The fourth-order valence-corrected chi connectivity index (χ4v) is 9.31. The highest BCUT2D eigenvalue weighted by atomic mass is 31.2. The van der Waals surface area contributed by atoms with Crippen molar-refractivity contribution in [3.8, 4) is 0 Å². The van der Waals surface area contributed by atoms with Gasteiger partial charge in [-0.2, -0.15) is 10.2 Å². The van der Waals surface area contributed by atoms with Gasteiger partial charge >= 0.3 is 15.2 Å². The Bertz CT molecular complexity index is 629. The average molecular weight is 452 g/mol. The molecule has 29 heavy (non-hydrogen) atoms. The lowest BCUT2D eigenvalue weighted by Gasteiger charge is -2.36. The van der Waals surface area contributed by atoms with Gasteiger partial charge < -0.3 is 18.1 Å². The van der Waals surface area contributed by atoms with Gasteiger partial charge in [0.1, 0.15) is 6.04 Å². The van der Waals surface area contributed by atoms with E-state index in [1.54, 1.807) is 27.7 Å². The standard InChI is InChI=1S/C18H34N2O7P2/c1-5-24-28(22,25-6-2)18(29(23,26-7-3)27-8-4)14-16(19-20-18)17(21)15-12-10-9-11-13-15/h15-16H,5-14H2,1-4H3. The molecule has 0 bridgehead atoms. The van der Waals surface area contributed by atoms with Crippen LogP contribution in [-0.4, -0.2) is 43.3 Å². The monoisotopic (exact) mass is 452 g/mol. The molecule has 0 amide bonds. The van der Waals surface area contributed by atoms with Crippen LogP contribution in [0.25, 0.3) is 0 Å². The molecule has 0 N–H and O–H groups in total. The number of carbonyl (C=O) groups excluding carboxylic acids is 1. The highest BCUT2D eigenvalue weighted by Crippen LogP contribution is 2.81. The molecular formula is C18H34N2O7P2. The van der Waals surface area contributed by atoms with Crippen LogP contribution in [0, 0.1) is 5.92 Å². The van der Waals surface area contributed by atoms with Crippen molar-refractivity contribution in [2.24, 2.45) is 16.1 Å². The average Bonchev–Trinajstić information content (AvgIpc) is 3.17. The van der Waals surface area contributed by atoms with E-state index < -0.39 is 26.3 Å². The second-order valence-electron chi connectivity index (χ2n) is 7.11. The number of nitrogens with zero attached hydrogens (tertiary/aromatic N) is 2. The molecule has 0 aromatic heterocycles. The first-order valence-electron chi connectivity index (χ1n) is 10.6. The molecule has 1 aliphatic heterocycles. The zero-order valence-corrected chi connectivity index (χ0v) is 19.7. The smallest absolute Gasteiger partial charge is 0.307 e. The highest BCUT2D eigenvalue weighted by molar-refractivity contribution is 7.74. The number of Topliss-reactive ketones (excluding diaryl/α,β-unsaturated/α-hetero) is 1. The van der Waals surface area contributed by atoms with Crippen LogP contribution in [0.15, 0.2) is 10.2 Å². The zero-order chi connectivity index (χ0) is 21.5. The van der Waals surface area contributed by atoms with Gasteiger partial charge in [0.15, 0.2) is 5.78 Å². The molecular weight excluding hydrogens is 418 g/mol. The minimum absolute atomic E-state index is 0.0496. The Morgan fingerprint density at radius 2 is 1.31 bits per heavy atom. The maximum absolute atomic E-state index is 13.8. The van der Waals surface area contributed by atoms with Crippen molar-refractivity contribution in [1.82, 2.24) is 0 Å². The number of azo groups is 1. The molecule has 168 valence electrons. The van der Waals surface area contributed by atoms with Crippen molar-refractivity contribution in [1.29, 1.82) is 0 Å². The lowest BCUT2D eigenvalue weighted by molar-refractivity contribution is -0.125. The van der Waals surface area contributed by atoms with Crippen LogP contribution in [0.3, 0.4) is 0 Å². The van der Waals surface area contributed by atoms with E-state index in [2.05, 4.69) is 10.2 Å². The maximum Gasteiger partial charge on any atom is 0.372 e. The molecule has 1 heterocycles. The SMILES string of the molecule is CCOP(=O)(OCC)C1(P(=O)(OCC)OCC)CC(C(=O)C2CCCCC2)N=N1. The lowest BCUT2D eigenvalue weighted by atomic mass is 9.83. The Kier molecular flexibility index (Phi) is 9.20. The largest absolute Gasteiger partial charge is 0.372 e. The molecule has 1 aliphatic carbocycles. The van der Waals surface area contributed by atoms with Gasteiger partial charge in [-0.1, -0.05) is 19.3 Å². The predicted molar refractivity (Wildman–Crippen MR) is 109 cm³/mol. The first-order chi connectivity index (χ1) is 13.8. The summed E-state index contributed by atoms with van der Waals surface area (Å²) in [6.07, 6.45) is 4.56. The van der Waals surface area contributed by atoms with Crippen LogP contribution in [0.4, 0.5) is 0 Å². The fraction of sp³-hybridized carbons (Fsp3) is 0.944. The normalized spacial score (nSPS) is 22.8. The molecule has 1 unspecified atom stereocenters. The molecule has 1 saturated carbocycles. The van der Waals surface area contributed by atoms with E-state index in [0.717, 1.165) is 32.1 Å². The zero-order valence-electron chi connectivity index (χ0n) is 17.9. The summed E-state index contributed by atoms with van der Waals surface area (Å²) < 4.78 is 49.7. The van der Waals surface area contributed by atoms with E-state index in [0.29, 0.717) is 0 Å². The third-order valence-electron chi connectivity index (χ3n) is 5.23. The van der Waals surface area contributed by atoms with Gasteiger partial charge in [-0.3, -0.25) is 13.9 Å². The second-order valence-corrected chi connectivity index (χ2v) is 12.0. The summed E-state index contributed by atoms with van der Waals surface area (Å²) >= 11 is 0. The quantitative estimate of drug-likeness (QED) is 0.357. The van der Waals surface area contributed by atoms with Crippen molar-refractivity contribution in [2.45, 2.75) is 77.3 Å². The van der Waals surface area contributed by atoms with Crippen molar-refractivity contribution >= 4 is 21.0 Å². The number of hydrogen-bond acceptors (Lipinski definition) is 9. The summed E-state index contributed by atoms with van der Waals surface area (Å²) in [4.78, 5) is 13.1. The van der Waals surface area contributed by atoms with Crippen LogP contribution in [0.2, 0.25) is 0 Å². The molecule has 1 atom stereocenters. The minimum Gasteiger partial charge on any atom is -0.307 e. The molecule has 0 spiro atoms. The molecule has 0 aromatic carbocycles. The van der Waals surface area contributed by atoms with Crippen molar-refractivity contribution in [3.05, 3.63) is 0 Å². The van der Waals surface area contributed by atoms with Crippen LogP contribution >= 0.6 is 15.2 Å². The molecule has 0 radical (unpaired) electrons. The van der Waals surface area contributed by atoms with E-state index in [1.165, 1.54) is 0 Å². The number of hydrogen-bond donors (Lipinski definition) is 0. The van der Waals surface area contributed by atoms with E-state index >= 15 is 0 Å². The first-order valence-corrected chi connectivity index (χ1v) is 13.7. The van der Waals surface area contributed by atoms with E-state index in [9.17, 15) is 13.9 Å². The van der Waals surface area contributed by atoms with Crippen LogP contribution in [0.5, 0.6) is 0 Å². The Labute approximate surface area is 173 Å². The van der Waals surface area contributed by atoms with Crippen LogP contribution in [-0.2, 0) is 32.0 Å². The Morgan fingerprint density at radius 1 is 0.862 bits per heavy atom. The van der Waals surface area contributed by atoms with Crippen LogP contribution < -0.4 is 0 Å².